The molecule has 1 unspecified atom stereocenters. The molecule has 0 spiro atoms. The third kappa shape index (κ3) is 2.65. The first kappa shape index (κ1) is 12.6. The van der Waals surface area contributed by atoms with Crippen LogP contribution in [0.1, 0.15) is 28.5 Å². The van der Waals surface area contributed by atoms with Crippen molar-refractivity contribution in [1.29, 1.82) is 0 Å². The number of rotatable bonds is 3. The number of aryl methyl sites for hydroxylation is 1. The fourth-order valence-electron chi connectivity index (χ4n) is 2.66. The molecule has 100 valence electrons. The summed E-state index contributed by atoms with van der Waals surface area (Å²) in [4.78, 5) is 7.47. The Labute approximate surface area is 117 Å². The van der Waals surface area contributed by atoms with Crippen LogP contribution in [0.3, 0.4) is 0 Å². The van der Waals surface area contributed by atoms with Crippen molar-refractivity contribution in [3.63, 3.8) is 0 Å². The third-order valence-corrected chi connectivity index (χ3v) is 4.52. The van der Waals surface area contributed by atoms with Crippen molar-refractivity contribution in [3.05, 3.63) is 45.9 Å². The molecule has 1 aliphatic rings. The van der Waals surface area contributed by atoms with E-state index in [0.717, 1.165) is 23.4 Å². The lowest BCUT2D eigenvalue weighted by Gasteiger charge is -2.28. The van der Waals surface area contributed by atoms with Gasteiger partial charge in [-0.1, -0.05) is 12.1 Å². The minimum Gasteiger partial charge on any atom is -0.388 e. The Balaban J connectivity index is 1.81. The number of aliphatic hydroxyl groups excluding tert-OH is 1. The van der Waals surface area contributed by atoms with Crippen LogP contribution in [0.2, 0.25) is 0 Å². The van der Waals surface area contributed by atoms with Gasteiger partial charge in [0.25, 0.3) is 0 Å². The van der Waals surface area contributed by atoms with E-state index in [4.69, 9.17) is 0 Å². The number of hydrogen-bond acceptors (Lipinski definition) is 4. The van der Waals surface area contributed by atoms with Gasteiger partial charge in [-0.25, -0.2) is 0 Å². The van der Waals surface area contributed by atoms with Crippen LogP contribution in [-0.2, 0) is 12.8 Å². The number of hydrogen-bond donors (Lipinski definition) is 1. The Morgan fingerprint density at radius 2 is 2.37 bits per heavy atom. The molecule has 0 aliphatic carbocycles. The van der Waals surface area contributed by atoms with Gasteiger partial charge in [-0.15, -0.1) is 11.3 Å². The van der Waals surface area contributed by atoms with Crippen molar-refractivity contribution >= 4 is 17.0 Å². The molecule has 1 aromatic heterocycles. The van der Waals surface area contributed by atoms with Gasteiger partial charge in [0, 0.05) is 36.8 Å². The van der Waals surface area contributed by atoms with E-state index in [9.17, 15) is 5.11 Å². The van der Waals surface area contributed by atoms with Gasteiger partial charge in [-0.05, 0) is 30.0 Å². The molecule has 3 rings (SSSR count). The highest BCUT2D eigenvalue weighted by atomic mass is 32.1. The minimum absolute atomic E-state index is 0.432. The zero-order valence-electron chi connectivity index (χ0n) is 11.0. The largest absolute Gasteiger partial charge is 0.388 e. The molecule has 0 bridgehead atoms. The highest BCUT2D eigenvalue weighted by Gasteiger charge is 2.16. The zero-order valence-corrected chi connectivity index (χ0v) is 11.9. The van der Waals surface area contributed by atoms with Gasteiger partial charge in [-0.3, -0.25) is 4.98 Å². The van der Waals surface area contributed by atoms with E-state index >= 15 is 0 Å². The minimum atomic E-state index is -0.432. The van der Waals surface area contributed by atoms with Crippen LogP contribution in [-0.4, -0.2) is 23.7 Å². The van der Waals surface area contributed by atoms with Gasteiger partial charge in [0.05, 0.1) is 11.6 Å². The van der Waals surface area contributed by atoms with Crippen LogP contribution in [0, 0.1) is 0 Å². The summed E-state index contributed by atoms with van der Waals surface area (Å²) in [5.41, 5.74) is 5.49. The van der Waals surface area contributed by atoms with E-state index in [1.54, 1.807) is 11.3 Å². The second kappa shape index (κ2) is 5.31. The van der Waals surface area contributed by atoms with E-state index in [1.165, 1.54) is 17.7 Å². The third-order valence-electron chi connectivity index (χ3n) is 3.72. The lowest BCUT2D eigenvalue weighted by Crippen LogP contribution is -2.24. The standard InChI is InChI=1S/C15H18N2OS/c1-17-6-2-3-11-7-12(4-5-14(11)17)15(18)8-13-9-16-10-19-13/h4-5,7,9-10,15,18H,2-3,6,8H2,1H3. The van der Waals surface area contributed by atoms with Crippen molar-refractivity contribution in [1.82, 2.24) is 4.98 Å². The topological polar surface area (TPSA) is 36.4 Å². The van der Waals surface area contributed by atoms with E-state index in [2.05, 4.69) is 29.1 Å². The number of nitrogens with zero attached hydrogens (tertiary/aromatic N) is 2. The normalized spacial score (nSPS) is 16.2. The van der Waals surface area contributed by atoms with E-state index in [0.29, 0.717) is 6.42 Å². The van der Waals surface area contributed by atoms with Crippen LogP contribution >= 0.6 is 11.3 Å². The monoisotopic (exact) mass is 274 g/mol. The molecule has 0 amide bonds. The molecule has 2 aromatic rings. The van der Waals surface area contributed by atoms with E-state index in [1.807, 2.05) is 17.8 Å². The molecule has 1 aliphatic heterocycles. The molecule has 0 radical (unpaired) electrons. The number of aromatic nitrogens is 1. The summed E-state index contributed by atoms with van der Waals surface area (Å²) in [5, 5.41) is 10.3. The lowest BCUT2D eigenvalue weighted by atomic mass is 9.96. The summed E-state index contributed by atoms with van der Waals surface area (Å²) < 4.78 is 0. The van der Waals surface area contributed by atoms with Gasteiger partial charge in [0.1, 0.15) is 0 Å². The summed E-state index contributed by atoms with van der Waals surface area (Å²) >= 11 is 1.60. The number of aliphatic hydroxyl groups is 1. The zero-order chi connectivity index (χ0) is 13.2. The molecule has 1 aromatic carbocycles. The molecule has 4 heteroatoms. The molecule has 0 fully saturated rings. The Bertz CT molecular complexity index is 553. The first-order chi connectivity index (χ1) is 9.24. The quantitative estimate of drug-likeness (QED) is 0.935. The van der Waals surface area contributed by atoms with Crippen molar-refractivity contribution < 1.29 is 5.11 Å². The fraction of sp³-hybridized carbons (Fsp3) is 0.400. The maximum Gasteiger partial charge on any atom is 0.0838 e. The Kier molecular flexibility index (Phi) is 3.53. The molecule has 1 atom stereocenters. The van der Waals surface area contributed by atoms with Crippen molar-refractivity contribution in [2.24, 2.45) is 0 Å². The Morgan fingerprint density at radius 1 is 1.47 bits per heavy atom. The maximum atomic E-state index is 10.3. The molecular weight excluding hydrogens is 256 g/mol. The maximum absolute atomic E-state index is 10.3. The second-order valence-electron chi connectivity index (χ2n) is 5.10. The van der Waals surface area contributed by atoms with Crippen LogP contribution in [0.25, 0.3) is 0 Å². The second-order valence-corrected chi connectivity index (χ2v) is 6.07. The summed E-state index contributed by atoms with van der Waals surface area (Å²) in [6.45, 7) is 1.12. The average molecular weight is 274 g/mol. The summed E-state index contributed by atoms with van der Waals surface area (Å²) in [6, 6.07) is 6.35. The highest BCUT2D eigenvalue weighted by molar-refractivity contribution is 7.09. The first-order valence-electron chi connectivity index (χ1n) is 6.63. The summed E-state index contributed by atoms with van der Waals surface area (Å²) in [7, 11) is 2.13. The van der Waals surface area contributed by atoms with Crippen LogP contribution < -0.4 is 4.90 Å². The fourth-order valence-corrected chi connectivity index (χ4v) is 3.30. The van der Waals surface area contributed by atoms with Gasteiger partial charge in [0.2, 0.25) is 0 Å². The van der Waals surface area contributed by atoms with Gasteiger partial charge in [0.15, 0.2) is 0 Å². The Hall–Kier alpha value is -1.39. The Morgan fingerprint density at radius 3 is 3.16 bits per heavy atom. The smallest absolute Gasteiger partial charge is 0.0838 e. The van der Waals surface area contributed by atoms with Crippen molar-refractivity contribution in [2.75, 3.05) is 18.5 Å². The number of benzene rings is 1. The molecule has 2 heterocycles. The predicted octanol–water partition coefficient (Wildman–Crippen LogP) is 2.80. The van der Waals surface area contributed by atoms with Crippen LogP contribution in [0.4, 0.5) is 5.69 Å². The van der Waals surface area contributed by atoms with E-state index in [-0.39, 0.29) is 0 Å². The van der Waals surface area contributed by atoms with Crippen molar-refractivity contribution in [3.8, 4) is 0 Å². The molecule has 0 saturated carbocycles. The summed E-state index contributed by atoms with van der Waals surface area (Å²) in [6.07, 6.45) is 4.36. The molecular formula is C15H18N2OS. The number of thiazole rings is 1. The predicted molar refractivity (Wildman–Crippen MR) is 78.8 cm³/mol. The van der Waals surface area contributed by atoms with Crippen molar-refractivity contribution in [2.45, 2.75) is 25.4 Å². The number of fused-ring (bicyclic) bond motifs is 1. The lowest BCUT2D eigenvalue weighted by molar-refractivity contribution is 0.179. The van der Waals surface area contributed by atoms with E-state index < -0.39 is 6.10 Å². The van der Waals surface area contributed by atoms with Crippen LogP contribution in [0.15, 0.2) is 29.9 Å². The van der Waals surface area contributed by atoms with Crippen LogP contribution in [0.5, 0.6) is 0 Å². The SMILES string of the molecule is CN1CCCc2cc(C(O)Cc3cncs3)ccc21. The molecule has 1 N–H and O–H groups in total. The average Bonchev–Trinajstić information content (AvgIpc) is 2.91. The summed E-state index contributed by atoms with van der Waals surface area (Å²) in [5.74, 6) is 0. The van der Waals surface area contributed by atoms with Gasteiger partial charge < -0.3 is 10.0 Å². The number of anilines is 1. The molecule has 19 heavy (non-hydrogen) atoms. The van der Waals surface area contributed by atoms with Gasteiger partial charge >= 0.3 is 0 Å². The molecule has 0 saturated heterocycles. The first-order valence-corrected chi connectivity index (χ1v) is 7.51. The highest BCUT2D eigenvalue weighted by Crippen LogP contribution is 2.30. The van der Waals surface area contributed by atoms with Gasteiger partial charge in [-0.2, -0.15) is 0 Å². The molecule has 3 nitrogen and oxygen atoms in total.